The molecule has 2 unspecified atom stereocenters. The first-order chi connectivity index (χ1) is 10.6. The molecule has 2 aromatic rings. The SMILES string of the molecule is CC(O)(c1cccnc1)C(OS(C)(=O)=O)c1ccc(Cl)cc1Cl. The number of aliphatic hydroxyl groups is 1. The topological polar surface area (TPSA) is 76.5 Å². The summed E-state index contributed by atoms with van der Waals surface area (Å²) < 4.78 is 28.4. The van der Waals surface area contributed by atoms with Crippen molar-refractivity contribution < 1.29 is 17.7 Å². The lowest BCUT2D eigenvalue weighted by molar-refractivity contribution is -0.0524. The van der Waals surface area contributed by atoms with Crippen LogP contribution in [0.15, 0.2) is 42.7 Å². The van der Waals surface area contributed by atoms with Crippen LogP contribution in [0.5, 0.6) is 0 Å². The van der Waals surface area contributed by atoms with Gasteiger partial charge in [0.2, 0.25) is 0 Å². The maximum absolute atomic E-state index is 11.7. The molecule has 1 N–H and O–H groups in total. The van der Waals surface area contributed by atoms with Crippen molar-refractivity contribution in [2.24, 2.45) is 0 Å². The molecule has 1 aromatic carbocycles. The lowest BCUT2D eigenvalue weighted by Crippen LogP contribution is -2.33. The van der Waals surface area contributed by atoms with Crippen LogP contribution in [0.1, 0.15) is 24.2 Å². The number of nitrogens with zero attached hydrogens (tertiary/aromatic N) is 1. The Kier molecular flexibility index (Phi) is 5.33. The third-order valence-corrected chi connectivity index (χ3v) is 4.38. The van der Waals surface area contributed by atoms with E-state index in [2.05, 4.69) is 4.98 Å². The smallest absolute Gasteiger partial charge is 0.265 e. The van der Waals surface area contributed by atoms with Crippen molar-refractivity contribution in [3.8, 4) is 0 Å². The molecule has 8 heteroatoms. The number of pyridine rings is 1. The Hall–Kier alpha value is -1.18. The minimum absolute atomic E-state index is 0.190. The van der Waals surface area contributed by atoms with E-state index in [1.807, 2.05) is 0 Å². The Labute approximate surface area is 145 Å². The van der Waals surface area contributed by atoms with Crippen molar-refractivity contribution in [1.29, 1.82) is 0 Å². The molecule has 0 saturated heterocycles. The number of hydrogen-bond donors (Lipinski definition) is 1. The quantitative estimate of drug-likeness (QED) is 0.811. The van der Waals surface area contributed by atoms with Gasteiger partial charge in [-0.15, -0.1) is 0 Å². The van der Waals surface area contributed by atoms with Crippen molar-refractivity contribution in [1.82, 2.24) is 4.98 Å². The summed E-state index contributed by atoms with van der Waals surface area (Å²) in [7, 11) is -3.86. The number of hydrogen-bond acceptors (Lipinski definition) is 5. The maximum Gasteiger partial charge on any atom is 0.265 e. The molecule has 124 valence electrons. The first-order valence-electron chi connectivity index (χ1n) is 6.57. The van der Waals surface area contributed by atoms with Crippen LogP contribution in [0.4, 0.5) is 0 Å². The Morgan fingerprint density at radius 1 is 1.30 bits per heavy atom. The predicted molar refractivity (Wildman–Crippen MR) is 88.9 cm³/mol. The van der Waals surface area contributed by atoms with E-state index in [1.54, 1.807) is 24.4 Å². The third kappa shape index (κ3) is 4.43. The van der Waals surface area contributed by atoms with Crippen molar-refractivity contribution in [3.05, 3.63) is 63.9 Å². The molecular formula is C15H15Cl2NO4S. The van der Waals surface area contributed by atoms with Gasteiger partial charge in [-0.25, -0.2) is 0 Å². The Morgan fingerprint density at radius 3 is 2.52 bits per heavy atom. The Bertz CT molecular complexity index is 794. The molecule has 0 radical (unpaired) electrons. The number of benzene rings is 1. The molecule has 1 aromatic heterocycles. The lowest BCUT2D eigenvalue weighted by atomic mass is 9.87. The summed E-state index contributed by atoms with van der Waals surface area (Å²) in [6.07, 6.45) is 2.62. The van der Waals surface area contributed by atoms with Gasteiger partial charge < -0.3 is 5.11 Å². The first-order valence-corrected chi connectivity index (χ1v) is 9.14. The summed E-state index contributed by atoms with van der Waals surface area (Å²) in [4.78, 5) is 3.94. The zero-order valence-corrected chi connectivity index (χ0v) is 14.7. The average molecular weight is 376 g/mol. The molecule has 0 saturated carbocycles. The van der Waals surface area contributed by atoms with Crippen molar-refractivity contribution >= 4 is 33.3 Å². The number of halogens is 2. The van der Waals surface area contributed by atoms with Gasteiger partial charge in [-0.3, -0.25) is 9.17 Å². The van der Waals surface area contributed by atoms with Crippen molar-refractivity contribution in [2.75, 3.05) is 6.26 Å². The number of rotatable bonds is 5. The molecular weight excluding hydrogens is 361 g/mol. The average Bonchev–Trinajstić information content (AvgIpc) is 2.45. The second kappa shape index (κ2) is 6.75. The molecule has 0 bridgehead atoms. The second-order valence-corrected chi connectivity index (χ2v) is 7.68. The molecule has 2 rings (SSSR count). The normalized spacial score (nSPS) is 15.9. The third-order valence-electron chi connectivity index (χ3n) is 3.27. The molecule has 0 spiro atoms. The summed E-state index contributed by atoms with van der Waals surface area (Å²) >= 11 is 12.0. The molecule has 0 amide bonds. The number of aromatic nitrogens is 1. The van der Waals surface area contributed by atoms with E-state index in [0.717, 1.165) is 6.26 Å². The zero-order valence-electron chi connectivity index (χ0n) is 12.4. The summed E-state index contributed by atoms with van der Waals surface area (Å²) in [5.41, 5.74) is -0.996. The van der Waals surface area contributed by atoms with Gasteiger partial charge in [0.1, 0.15) is 11.7 Å². The zero-order chi connectivity index (χ0) is 17.3. The van der Waals surface area contributed by atoms with Crippen LogP contribution in [-0.4, -0.2) is 24.8 Å². The largest absolute Gasteiger partial charge is 0.382 e. The fourth-order valence-electron chi connectivity index (χ4n) is 2.15. The minimum Gasteiger partial charge on any atom is -0.382 e. The Balaban J connectivity index is 2.58. The van der Waals surface area contributed by atoms with Crippen LogP contribution in [0, 0.1) is 0 Å². The highest BCUT2D eigenvalue weighted by atomic mass is 35.5. The molecule has 2 atom stereocenters. The van der Waals surface area contributed by atoms with Gasteiger partial charge in [0.15, 0.2) is 0 Å². The minimum atomic E-state index is -3.86. The fraction of sp³-hybridized carbons (Fsp3) is 0.267. The van der Waals surface area contributed by atoms with Crippen LogP contribution in [0.3, 0.4) is 0 Å². The highest BCUT2D eigenvalue weighted by molar-refractivity contribution is 7.86. The van der Waals surface area contributed by atoms with Crippen LogP contribution >= 0.6 is 23.2 Å². The van der Waals surface area contributed by atoms with Crippen LogP contribution in [0.2, 0.25) is 10.0 Å². The molecule has 1 heterocycles. The summed E-state index contributed by atoms with van der Waals surface area (Å²) in [5.74, 6) is 0. The highest BCUT2D eigenvalue weighted by Crippen LogP contribution is 2.41. The summed E-state index contributed by atoms with van der Waals surface area (Å²) in [6.45, 7) is 1.44. The monoisotopic (exact) mass is 375 g/mol. The van der Waals surface area contributed by atoms with E-state index < -0.39 is 21.8 Å². The summed E-state index contributed by atoms with van der Waals surface area (Å²) in [5, 5.41) is 11.5. The van der Waals surface area contributed by atoms with Gasteiger partial charge in [0, 0.05) is 33.6 Å². The van der Waals surface area contributed by atoms with E-state index in [0.29, 0.717) is 16.1 Å². The van der Waals surface area contributed by atoms with E-state index in [4.69, 9.17) is 27.4 Å². The fourth-order valence-corrected chi connectivity index (χ4v) is 3.30. The second-order valence-electron chi connectivity index (χ2n) is 5.24. The van der Waals surface area contributed by atoms with Crippen LogP contribution in [-0.2, 0) is 19.9 Å². The standard InChI is InChI=1S/C15H15Cl2NO4S/c1-15(19,10-4-3-7-18-9-10)14(22-23(2,20)21)12-6-5-11(16)8-13(12)17/h3-9,14,19H,1-2H3. The van der Waals surface area contributed by atoms with E-state index >= 15 is 0 Å². The van der Waals surface area contributed by atoms with Gasteiger partial charge in [0.25, 0.3) is 10.1 Å². The molecule has 23 heavy (non-hydrogen) atoms. The Morgan fingerprint density at radius 2 is 2.00 bits per heavy atom. The molecule has 0 fully saturated rings. The first kappa shape index (κ1) is 18.2. The van der Waals surface area contributed by atoms with E-state index in [-0.39, 0.29) is 5.02 Å². The van der Waals surface area contributed by atoms with Crippen LogP contribution < -0.4 is 0 Å². The summed E-state index contributed by atoms with van der Waals surface area (Å²) in [6, 6.07) is 7.77. The van der Waals surface area contributed by atoms with Crippen LogP contribution in [0.25, 0.3) is 0 Å². The van der Waals surface area contributed by atoms with Gasteiger partial charge in [-0.1, -0.05) is 35.3 Å². The van der Waals surface area contributed by atoms with Gasteiger partial charge >= 0.3 is 0 Å². The lowest BCUT2D eigenvalue weighted by Gasteiger charge is -2.32. The van der Waals surface area contributed by atoms with Gasteiger partial charge in [-0.05, 0) is 25.1 Å². The molecule has 0 aliphatic rings. The molecule has 0 aliphatic carbocycles. The predicted octanol–water partition coefficient (Wildman–Crippen LogP) is 3.31. The van der Waals surface area contributed by atoms with Gasteiger partial charge in [-0.2, -0.15) is 8.42 Å². The van der Waals surface area contributed by atoms with Gasteiger partial charge in [0.05, 0.1) is 6.26 Å². The van der Waals surface area contributed by atoms with Crippen molar-refractivity contribution in [3.63, 3.8) is 0 Å². The molecule has 5 nitrogen and oxygen atoms in total. The van der Waals surface area contributed by atoms with E-state index in [1.165, 1.54) is 25.3 Å². The van der Waals surface area contributed by atoms with Crippen molar-refractivity contribution in [2.45, 2.75) is 18.6 Å². The molecule has 0 aliphatic heterocycles. The van der Waals surface area contributed by atoms with E-state index in [9.17, 15) is 13.5 Å². The maximum atomic E-state index is 11.7. The highest BCUT2D eigenvalue weighted by Gasteiger charge is 2.39.